The molecule has 1 aromatic rings. The molecule has 1 fully saturated rings. The molecule has 1 aliphatic rings. The number of nitrogens with one attached hydrogen (secondary N) is 1. The maximum atomic E-state index is 13.6. The van der Waals surface area contributed by atoms with Crippen LogP contribution in [0.1, 0.15) is 24.2 Å². The number of methoxy groups -OCH3 is 1. The Hall–Kier alpha value is -1.62. The Morgan fingerprint density at radius 3 is 2.84 bits per heavy atom. The first-order valence-electron chi connectivity index (χ1n) is 6.40. The van der Waals surface area contributed by atoms with Gasteiger partial charge in [0.25, 0.3) is 5.91 Å². The number of amides is 1. The van der Waals surface area contributed by atoms with Gasteiger partial charge in [0, 0.05) is 30.7 Å². The molecule has 1 aromatic carbocycles. The van der Waals surface area contributed by atoms with Gasteiger partial charge in [-0.25, -0.2) is 4.39 Å². The van der Waals surface area contributed by atoms with Crippen molar-refractivity contribution < 1.29 is 13.9 Å². The number of hydrogen-bond acceptors (Lipinski definition) is 3. The van der Waals surface area contributed by atoms with Gasteiger partial charge in [-0.3, -0.25) is 4.79 Å². The zero-order valence-electron chi connectivity index (χ0n) is 11.4. The number of benzene rings is 1. The lowest BCUT2D eigenvalue weighted by molar-refractivity contribution is 0.0616. The zero-order valence-corrected chi connectivity index (χ0v) is 11.4. The van der Waals surface area contributed by atoms with E-state index in [2.05, 4.69) is 5.32 Å². The highest BCUT2D eigenvalue weighted by molar-refractivity contribution is 5.94. The molecule has 0 bridgehead atoms. The van der Waals surface area contributed by atoms with Crippen molar-refractivity contribution in [3.05, 3.63) is 29.6 Å². The minimum absolute atomic E-state index is 0.105. The predicted octanol–water partition coefficient (Wildman–Crippen LogP) is 1.66. The van der Waals surface area contributed by atoms with Gasteiger partial charge in [0.15, 0.2) is 11.6 Å². The second-order valence-electron chi connectivity index (χ2n) is 4.97. The summed E-state index contributed by atoms with van der Waals surface area (Å²) in [7, 11) is 1.40. The Morgan fingerprint density at radius 2 is 2.21 bits per heavy atom. The molecule has 2 atom stereocenters. The summed E-state index contributed by atoms with van der Waals surface area (Å²) in [5.74, 6) is -0.495. The quantitative estimate of drug-likeness (QED) is 0.885. The Bertz CT molecular complexity index is 479. The molecule has 0 saturated carbocycles. The number of hydrogen-bond donors (Lipinski definition) is 1. The van der Waals surface area contributed by atoms with Gasteiger partial charge in [-0.05, 0) is 32.0 Å². The number of halogens is 1. The fraction of sp³-hybridized carbons (Fsp3) is 0.500. The van der Waals surface area contributed by atoms with E-state index in [4.69, 9.17) is 4.74 Å². The Kier molecular flexibility index (Phi) is 4.04. The van der Waals surface area contributed by atoms with Crippen LogP contribution in [0.3, 0.4) is 0 Å². The molecule has 2 unspecified atom stereocenters. The van der Waals surface area contributed by atoms with Crippen LogP contribution in [0, 0.1) is 5.82 Å². The largest absolute Gasteiger partial charge is 0.494 e. The highest BCUT2D eigenvalue weighted by atomic mass is 19.1. The van der Waals surface area contributed by atoms with Crippen molar-refractivity contribution in [1.82, 2.24) is 10.2 Å². The van der Waals surface area contributed by atoms with Crippen LogP contribution < -0.4 is 10.1 Å². The predicted molar refractivity (Wildman–Crippen MR) is 70.9 cm³/mol. The summed E-state index contributed by atoms with van der Waals surface area (Å²) >= 11 is 0. The SMILES string of the molecule is COc1ccc(C(=O)N2CC(C)NCC2C)cc1F. The van der Waals surface area contributed by atoms with Crippen LogP contribution in [0.5, 0.6) is 5.75 Å². The minimum Gasteiger partial charge on any atom is -0.494 e. The third-order valence-electron chi connectivity index (χ3n) is 3.42. The Balaban J connectivity index is 2.21. The molecule has 5 heteroatoms. The molecule has 0 aliphatic carbocycles. The number of carbonyl (C=O) groups excluding carboxylic acids is 1. The monoisotopic (exact) mass is 266 g/mol. The zero-order chi connectivity index (χ0) is 14.0. The molecule has 1 amide bonds. The van der Waals surface area contributed by atoms with Crippen LogP contribution in [0.2, 0.25) is 0 Å². The molecule has 1 aliphatic heterocycles. The first-order chi connectivity index (χ1) is 9.02. The van der Waals surface area contributed by atoms with Crippen molar-refractivity contribution in [2.24, 2.45) is 0 Å². The molecule has 1 N–H and O–H groups in total. The topological polar surface area (TPSA) is 41.6 Å². The van der Waals surface area contributed by atoms with Gasteiger partial charge >= 0.3 is 0 Å². The second kappa shape index (κ2) is 5.57. The summed E-state index contributed by atoms with van der Waals surface area (Å²) in [5.41, 5.74) is 0.360. The average Bonchev–Trinajstić information content (AvgIpc) is 2.40. The number of rotatable bonds is 2. The van der Waals surface area contributed by atoms with Crippen LogP contribution in [0.25, 0.3) is 0 Å². The van der Waals surface area contributed by atoms with Crippen molar-refractivity contribution >= 4 is 5.91 Å². The van der Waals surface area contributed by atoms with E-state index in [-0.39, 0.29) is 23.7 Å². The first-order valence-corrected chi connectivity index (χ1v) is 6.40. The van der Waals surface area contributed by atoms with E-state index in [0.717, 1.165) is 6.54 Å². The smallest absolute Gasteiger partial charge is 0.254 e. The fourth-order valence-electron chi connectivity index (χ4n) is 2.27. The highest BCUT2D eigenvalue weighted by Crippen LogP contribution is 2.20. The van der Waals surface area contributed by atoms with Gasteiger partial charge in [0.2, 0.25) is 0 Å². The molecular formula is C14H19FN2O2. The van der Waals surface area contributed by atoms with E-state index in [1.807, 2.05) is 13.8 Å². The Labute approximate surface area is 112 Å². The van der Waals surface area contributed by atoms with E-state index in [1.54, 1.807) is 11.0 Å². The summed E-state index contributed by atoms with van der Waals surface area (Å²) in [6, 6.07) is 4.68. The molecule has 0 aromatic heterocycles. The standard InChI is InChI=1S/C14H19FN2O2/c1-9-8-17(10(2)7-16-9)14(18)11-4-5-13(19-3)12(15)6-11/h4-6,9-10,16H,7-8H2,1-3H3. The van der Waals surface area contributed by atoms with Gasteiger partial charge in [-0.2, -0.15) is 0 Å². The van der Waals surface area contributed by atoms with Gasteiger partial charge < -0.3 is 15.0 Å². The summed E-state index contributed by atoms with van der Waals surface area (Å²) in [4.78, 5) is 14.2. The van der Waals surface area contributed by atoms with Gasteiger partial charge in [-0.1, -0.05) is 0 Å². The maximum absolute atomic E-state index is 13.6. The van der Waals surface area contributed by atoms with Crippen LogP contribution >= 0.6 is 0 Å². The molecule has 0 radical (unpaired) electrons. The third-order valence-corrected chi connectivity index (χ3v) is 3.42. The average molecular weight is 266 g/mol. The molecule has 1 saturated heterocycles. The van der Waals surface area contributed by atoms with Crippen LogP contribution in [0.4, 0.5) is 4.39 Å². The maximum Gasteiger partial charge on any atom is 0.254 e. The van der Waals surface area contributed by atoms with Gasteiger partial charge in [0.05, 0.1) is 7.11 Å². The van der Waals surface area contributed by atoms with E-state index in [9.17, 15) is 9.18 Å². The van der Waals surface area contributed by atoms with Crippen molar-refractivity contribution in [2.75, 3.05) is 20.2 Å². The highest BCUT2D eigenvalue weighted by Gasteiger charge is 2.27. The van der Waals surface area contributed by atoms with E-state index in [1.165, 1.54) is 19.2 Å². The lowest BCUT2D eigenvalue weighted by Crippen LogP contribution is -2.56. The van der Waals surface area contributed by atoms with Gasteiger partial charge in [-0.15, -0.1) is 0 Å². The normalized spacial score (nSPS) is 23.3. The van der Waals surface area contributed by atoms with Crippen molar-refractivity contribution in [1.29, 1.82) is 0 Å². The number of piperazine rings is 1. The van der Waals surface area contributed by atoms with Crippen LogP contribution in [-0.2, 0) is 0 Å². The van der Waals surface area contributed by atoms with Crippen molar-refractivity contribution in [3.63, 3.8) is 0 Å². The number of nitrogens with zero attached hydrogens (tertiary/aromatic N) is 1. The molecule has 104 valence electrons. The minimum atomic E-state index is -0.510. The summed E-state index contributed by atoms with van der Waals surface area (Å²) < 4.78 is 18.5. The molecule has 19 heavy (non-hydrogen) atoms. The molecule has 4 nitrogen and oxygen atoms in total. The molecular weight excluding hydrogens is 247 g/mol. The van der Waals surface area contributed by atoms with E-state index >= 15 is 0 Å². The fourth-order valence-corrected chi connectivity index (χ4v) is 2.27. The van der Waals surface area contributed by atoms with E-state index < -0.39 is 5.82 Å². The summed E-state index contributed by atoms with van der Waals surface area (Å²) in [5, 5.41) is 3.31. The second-order valence-corrected chi connectivity index (χ2v) is 4.97. The molecule has 1 heterocycles. The summed E-state index contributed by atoms with van der Waals surface area (Å²) in [6.45, 7) is 5.40. The van der Waals surface area contributed by atoms with Gasteiger partial charge in [0.1, 0.15) is 0 Å². The van der Waals surface area contributed by atoms with Crippen LogP contribution in [0.15, 0.2) is 18.2 Å². The number of ether oxygens (including phenoxy) is 1. The summed E-state index contributed by atoms with van der Waals surface area (Å²) in [6.07, 6.45) is 0. The van der Waals surface area contributed by atoms with Crippen LogP contribution in [-0.4, -0.2) is 43.1 Å². The molecule has 0 spiro atoms. The lowest BCUT2D eigenvalue weighted by atomic mass is 10.1. The van der Waals surface area contributed by atoms with E-state index in [0.29, 0.717) is 12.1 Å². The van der Waals surface area contributed by atoms with Crippen molar-refractivity contribution in [2.45, 2.75) is 25.9 Å². The molecule has 2 rings (SSSR count). The lowest BCUT2D eigenvalue weighted by Gasteiger charge is -2.37. The first kappa shape index (κ1) is 13.8. The third kappa shape index (κ3) is 2.87. The Morgan fingerprint density at radius 1 is 1.47 bits per heavy atom. The van der Waals surface area contributed by atoms with Crippen molar-refractivity contribution in [3.8, 4) is 5.75 Å². The number of carbonyl (C=O) groups is 1.